The van der Waals surface area contributed by atoms with Gasteiger partial charge in [0.05, 0.1) is 24.3 Å². The van der Waals surface area contributed by atoms with Gasteiger partial charge in [-0.3, -0.25) is 19.3 Å². The summed E-state index contributed by atoms with van der Waals surface area (Å²) < 4.78 is 19.1. The topological polar surface area (TPSA) is 79.0 Å². The SMILES string of the molecule is CC(=O)Nc1ccc(C2=C(N3CC(C)OC(C)C3)C(=O)N(Cc3ccc(F)cc3)C2=O)cc1. The lowest BCUT2D eigenvalue weighted by Gasteiger charge is -2.37. The number of imide groups is 1. The molecule has 2 aromatic rings. The van der Waals surface area contributed by atoms with Crippen LogP contribution in [0.15, 0.2) is 54.2 Å². The third kappa shape index (κ3) is 4.80. The summed E-state index contributed by atoms with van der Waals surface area (Å²) in [5, 5.41) is 2.70. The van der Waals surface area contributed by atoms with Crippen LogP contribution in [0.4, 0.5) is 10.1 Å². The molecule has 1 fully saturated rings. The van der Waals surface area contributed by atoms with Gasteiger partial charge in [0, 0.05) is 25.7 Å². The van der Waals surface area contributed by atoms with Crippen LogP contribution in [0, 0.1) is 5.82 Å². The number of carbonyl (C=O) groups excluding carboxylic acids is 3. The number of anilines is 1. The first kappa shape index (κ1) is 22.7. The summed E-state index contributed by atoms with van der Waals surface area (Å²) in [4.78, 5) is 41.5. The number of carbonyl (C=O) groups is 3. The Balaban J connectivity index is 1.72. The number of ether oxygens (including phenoxy) is 1. The molecule has 2 aromatic carbocycles. The standard InChI is InChI=1S/C25H26FN3O4/c1-15-12-28(13-16(2)33-15)23-22(19-6-10-21(11-7-19)27-17(3)30)24(31)29(25(23)32)14-18-4-8-20(26)9-5-18/h4-11,15-16H,12-14H2,1-3H3,(H,27,30). The maximum atomic E-state index is 13.5. The average Bonchev–Trinajstić information content (AvgIpc) is 2.99. The van der Waals surface area contributed by atoms with Gasteiger partial charge in [0.25, 0.3) is 11.8 Å². The second-order valence-corrected chi connectivity index (χ2v) is 8.47. The van der Waals surface area contributed by atoms with Crippen LogP contribution in [0.5, 0.6) is 0 Å². The Kier molecular flexibility index (Phi) is 6.29. The summed E-state index contributed by atoms with van der Waals surface area (Å²) >= 11 is 0. The fourth-order valence-electron chi connectivity index (χ4n) is 4.32. The van der Waals surface area contributed by atoms with Gasteiger partial charge in [0.15, 0.2) is 0 Å². The van der Waals surface area contributed by atoms with Gasteiger partial charge in [-0.15, -0.1) is 0 Å². The minimum atomic E-state index is -0.404. The molecular formula is C25H26FN3O4. The van der Waals surface area contributed by atoms with Crippen molar-refractivity contribution in [3.63, 3.8) is 0 Å². The van der Waals surface area contributed by atoms with Crippen molar-refractivity contribution in [2.24, 2.45) is 0 Å². The monoisotopic (exact) mass is 451 g/mol. The number of rotatable bonds is 5. The van der Waals surface area contributed by atoms with E-state index in [2.05, 4.69) is 5.32 Å². The van der Waals surface area contributed by atoms with E-state index in [1.165, 1.54) is 24.0 Å². The zero-order valence-electron chi connectivity index (χ0n) is 18.8. The molecule has 2 unspecified atom stereocenters. The van der Waals surface area contributed by atoms with E-state index in [0.717, 1.165) is 0 Å². The highest BCUT2D eigenvalue weighted by Crippen LogP contribution is 2.34. The molecule has 2 aliphatic rings. The number of nitrogens with one attached hydrogen (secondary N) is 1. The maximum absolute atomic E-state index is 13.5. The van der Waals surface area contributed by atoms with Crippen LogP contribution in [0.25, 0.3) is 5.57 Å². The summed E-state index contributed by atoms with van der Waals surface area (Å²) in [5.41, 5.74) is 2.51. The fourth-order valence-corrected chi connectivity index (χ4v) is 4.32. The van der Waals surface area contributed by atoms with Gasteiger partial charge in [-0.1, -0.05) is 24.3 Å². The van der Waals surface area contributed by atoms with Crippen LogP contribution in [0.3, 0.4) is 0 Å². The number of hydrogen-bond donors (Lipinski definition) is 1. The zero-order chi connectivity index (χ0) is 23.7. The molecule has 1 saturated heterocycles. The molecule has 0 radical (unpaired) electrons. The van der Waals surface area contributed by atoms with Gasteiger partial charge in [0.1, 0.15) is 11.5 Å². The van der Waals surface area contributed by atoms with E-state index in [9.17, 15) is 18.8 Å². The zero-order valence-corrected chi connectivity index (χ0v) is 18.8. The highest BCUT2D eigenvalue weighted by atomic mass is 19.1. The van der Waals surface area contributed by atoms with Crippen LogP contribution in [-0.4, -0.2) is 52.8 Å². The number of halogens is 1. The van der Waals surface area contributed by atoms with Crippen molar-refractivity contribution in [3.8, 4) is 0 Å². The summed E-state index contributed by atoms with van der Waals surface area (Å²) in [6, 6.07) is 12.6. The molecule has 0 bridgehead atoms. The average molecular weight is 451 g/mol. The van der Waals surface area contributed by atoms with Gasteiger partial charge < -0.3 is 15.0 Å². The van der Waals surface area contributed by atoms with Gasteiger partial charge in [-0.2, -0.15) is 0 Å². The first-order chi connectivity index (χ1) is 15.7. The van der Waals surface area contributed by atoms with E-state index in [0.29, 0.717) is 41.2 Å². The summed E-state index contributed by atoms with van der Waals surface area (Å²) in [5.74, 6) is -1.37. The molecule has 33 heavy (non-hydrogen) atoms. The molecular weight excluding hydrogens is 425 g/mol. The predicted molar refractivity (Wildman–Crippen MR) is 121 cm³/mol. The fraction of sp³-hybridized carbons (Fsp3) is 0.320. The lowest BCUT2D eigenvalue weighted by Crippen LogP contribution is -2.46. The van der Waals surface area contributed by atoms with E-state index in [1.807, 2.05) is 18.7 Å². The lowest BCUT2D eigenvalue weighted by atomic mass is 10.0. The van der Waals surface area contributed by atoms with Gasteiger partial charge in [-0.25, -0.2) is 4.39 Å². The molecule has 2 heterocycles. The van der Waals surface area contributed by atoms with Gasteiger partial charge in [-0.05, 0) is 49.2 Å². The second-order valence-electron chi connectivity index (χ2n) is 8.47. The van der Waals surface area contributed by atoms with E-state index < -0.39 is 5.91 Å². The Bertz CT molecular complexity index is 1100. The number of amides is 3. The van der Waals surface area contributed by atoms with E-state index in [4.69, 9.17) is 4.74 Å². The molecule has 7 nitrogen and oxygen atoms in total. The van der Waals surface area contributed by atoms with Crippen molar-refractivity contribution >= 4 is 29.0 Å². The number of hydrogen-bond acceptors (Lipinski definition) is 5. The molecule has 1 N–H and O–H groups in total. The van der Waals surface area contributed by atoms with Crippen molar-refractivity contribution in [2.45, 2.75) is 39.5 Å². The highest BCUT2D eigenvalue weighted by Gasteiger charge is 2.43. The van der Waals surface area contributed by atoms with Crippen LogP contribution in [0.2, 0.25) is 0 Å². The third-order valence-corrected chi connectivity index (χ3v) is 5.63. The Morgan fingerprint density at radius 2 is 1.61 bits per heavy atom. The number of morpholine rings is 1. The van der Waals surface area contributed by atoms with Crippen molar-refractivity contribution in [1.29, 1.82) is 0 Å². The first-order valence-electron chi connectivity index (χ1n) is 10.9. The molecule has 2 aliphatic heterocycles. The maximum Gasteiger partial charge on any atom is 0.278 e. The van der Waals surface area contributed by atoms with Crippen LogP contribution in [-0.2, 0) is 25.7 Å². The van der Waals surface area contributed by atoms with E-state index >= 15 is 0 Å². The van der Waals surface area contributed by atoms with Gasteiger partial charge >= 0.3 is 0 Å². The Labute approximate surface area is 191 Å². The third-order valence-electron chi connectivity index (χ3n) is 5.63. The van der Waals surface area contributed by atoms with Crippen molar-refractivity contribution in [3.05, 3.63) is 71.2 Å². The highest BCUT2D eigenvalue weighted by molar-refractivity contribution is 6.35. The largest absolute Gasteiger partial charge is 0.372 e. The molecule has 8 heteroatoms. The second kappa shape index (κ2) is 9.15. The molecule has 172 valence electrons. The van der Waals surface area contributed by atoms with Crippen molar-refractivity contribution < 1.29 is 23.5 Å². The quantitative estimate of drug-likeness (QED) is 0.707. The number of benzene rings is 2. The molecule has 2 atom stereocenters. The number of nitrogens with zero attached hydrogens (tertiary/aromatic N) is 2. The van der Waals surface area contributed by atoms with Crippen LogP contribution >= 0.6 is 0 Å². The summed E-state index contributed by atoms with van der Waals surface area (Å²) in [6.45, 7) is 6.30. The molecule has 0 aromatic heterocycles. The first-order valence-corrected chi connectivity index (χ1v) is 10.9. The minimum absolute atomic E-state index is 0.0460. The minimum Gasteiger partial charge on any atom is -0.372 e. The predicted octanol–water partition coefficient (Wildman–Crippen LogP) is 3.17. The molecule has 3 amide bonds. The van der Waals surface area contributed by atoms with E-state index in [1.54, 1.807) is 36.4 Å². The van der Waals surface area contributed by atoms with Crippen LogP contribution in [0.1, 0.15) is 31.9 Å². The Morgan fingerprint density at radius 3 is 2.18 bits per heavy atom. The lowest BCUT2D eigenvalue weighted by molar-refractivity contribution is -0.139. The summed E-state index contributed by atoms with van der Waals surface area (Å²) in [7, 11) is 0. The normalized spacial score (nSPS) is 21.1. The van der Waals surface area contributed by atoms with Gasteiger partial charge in [0.2, 0.25) is 5.91 Å². The molecule has 0 spiro atoms. The molecule has 0 saturated carbocycles. The Morgan fingerprint density at radius 1 is 1.00 bits per heavy atom. The van der Waals surface area contributed by atoms with E-state index in [-0.39, 0.29) is 36.4 Å². The molecule has 4 rings (SSSR count). The van der Waals surface area contributed by atoms with Crippen LogP contribution < -0.4 is 5.32 Å². The smallest absolute Gasteiger partial charge is 0.278 e. The van der Waals surface area contributed by atoms with Crippen molar-refractivity contribution in [1.82, 2.24) is 9.80 Å². The summed E-state index contributed by atoms with van der Waals surface area (Å²) in [6.07, 6.45) is -0.197. The van der Waals surface area contributed by atoms with Crippen molar-refractivity contribution in [2.75, 3.05) is 18.4 Å². The molecule has 0 aliphatic carbocycles. The Hall–Kier alpha value is -3.52.